The van der Waals surface area contributed by atoms with Crippen molar-refractivity contribution in [2.75, 3.05) is 0 Å². The summed E-state index contributed by atoms with van der Waals surface area (Å²) < 4.78 is 5.86. The summed E-state index contributed by atoms with van der Waals surface area (Å²) in [5, 5.41) is 6.06. The molecule has 6 atom stereocenters. The quantitative estimate of drug-likeness (QED) is 0.402. The second-order valence-corrected chi connectivity index (χ2v) is 9.25. The van der Waals surface area contributed by atoms with E-state index >= 15 is 0 Å². The first-order valence-electron chi connectivity index (χ1n) is 10.7. The summed E-state index contributed by atoms with van der Waals surface area (Å²) in [4.78, 5) is 26.0. The molecule has 1 aliphatic heterocycles. The molecule has 2 saturated carbocycles. The Hall–Kier alpha value is -2.92. The Morgan fingerprint density at radius 3 is 2.42 bits per heavy atom. The van der Waals surface area contributed by atoms with Crippen LogP contribution in [0.25, 0.3) is 0 Å². The van der Waals surface area contributed by atoms with E-state index < -0.39 is 0 Å². The molecule has 2 amide bonds. The molecule has 4 aliphatic carbocycles. The smallest absolute Gasteiger partial charge is 0.254 e. The molecule has 0 spiro atoms. The standard InChI is InChI=1S/C25H21ClN2O3/c26-21-7-2-1-5-15(21)13-31-16-6-3-4-14(10-16)12-27-28-24(29)22-17-8-9-18(20-11-19(17)20)23(22)25(28)30/h1-10,12,17-20,22-23H,11,13H2/b27-12-/t17-,18-,19-,20+,22-,23+/m0/s1. The van der Waals surface area contributed by atoms with Crippen molar-refractivity contribution in [3.8, 4) is 5.75 Å². The van der Waals surface area contributed by atoms with Crippen molar-refractivity contribution in [1.82, 2.24) is 5.01 Å². The van der Waals surface area contributed by atoms with E-state index in [1.165, 1.54) is 0 Å². The highest BCUT2D eigenvalue weighted by Crippen LogP contribution is 2.65. The molecule has 6 heteroatoms. The number of hydrazone groups is 1. The monoisotopic (exact) mass is 432 g/mol. The molecule has 1 heterocycles. The number of imide groups is 1. The fraction of sp³-hybridized carbons (Fsp3) is 0.320. The second kappa shape index (κ2) is 7.06. The van der Waals surface area contributed by atoms with E-state index in [0.717, 1.165) is 22.6 Å². The van der Waals surface area contributed by atoms with Crippen molar-refractivity contribution < 1.29 is 14.3 Å². The zero-order valence-corrected chi connectivity index (χ0v) is 17.5. The topological polar surface area (TPSA) is 59.0 Å². The Balaban J connectivity index is 1.17. The van der Waals surface area contributed by atoms with Crippen LogP contribution in [0.4, 0.5) is 0 Å². The number of amides is 2. The Labute approximate surface area is 185 Å². The molecule has 2 bridgehead atoms. The third-order valence-electron chi connectivity index (χ3n) is 7.17. The third kappa shape index (κ3) is 3.02. The molecule has 1 saturated heterocycles. The van der Waals surface area contributed by atoms with Gasteiger partial charge in [-0.05, 0) is 53.9 Å². The zero-order chi connectivity index (χ0) is 21.1. The van der Waals surface area contributed by atoms with Gasteiger partial charge in [-0.15, -0.1) is 0 Å². The highest BCUT2D eigenvalue weighted by Gasteiger charge is 2.67. The minimum absolute atomic E-state index is 0.151. The number of nitrogens with zero attached hydrogens (tertiary/aromatic N) is 2. The number of halogens is 1. The van der Waals surface area contributed by atoms with Gasteiger partial charge in [0.1, 0.15) is 12.4 Å². The molecule has 0 radical (unpaired) electrons. The van der Waals surface area contributed by atoms with E-state index in [1.54, 1.807) is 6.21 Å². The van der Waals surface area contributed by atoms with Gasteiger partial charge in [0.15, 0.2) is 0 Å². The summed E-state index contributed by atoms with van der Waals surface area (Å²) in [5.74, 6) is 1.50. The van der Waals surface area contributed by atoms with Crippen LogP contribution in [0.1, 0.15) is 17.5 Å². The SMILES string of the molecule is O=C1[C@@H]2[C@H]3C=C[C@@H]([C@@H]4C[C@H]34)[C@@H]2C(=O)N1/N=C\c1cccc(OCc2ccccc2Cl)c1. The van der Waals surface area contributed by atoms with Gasteiger partial charge < -0.3 is 4.74 Å². The highest BCUT2D eigenvalue weighted by atomic mass is 35.5. The lowest BCUT2D eigenvalue weighted by atomic mass is 9.63. The van der Waals surface area contributed by atoms with Gasteiger partial charge >= 0.3 is 0 Å². The molecule has 31 heavy (non-hydrogen) atoms. The maximum atomic E-state index is 13.0. The first-order valence-corrected chi connectivity index (χ1v) is 11.1. The zero-order valence-electron chi connectivity index (χ0n) is 16.7. The van der Waals surface area contributed by atoms with Crippen LogP contribution in [0.5, 0.6) is 5.75 Å². The van der Waals surface area contributed by atoms with Crippen LogP contribution < -0.4 is 4.74 Å². The minimum atomic E-state index is -0.228. The van der Waals surface area contributed by atoms with Crippen LogP contribution in [0, 0.1) is 35.5 Å². The fourth-order valence-corrected chi connectivity index (χ4v) is 5.83. The summed E-state index contributed by atoms with van der Waals surface area (Å²) >= 11 is 6.18. The molecule has 0 unspecified atom stereocenters. The first-order chi connectivity index (χ1) is 15.1. The lowest BCUT2D eigenvalue weighted by molar-refractivity contribution is -0.140. The van der Waals surface area contributed by atoms with Crippen LogP contribution in [-0.2, 0) is 16.2 Å². The second-order valence-electron chi connectivity index (χ2n) is 8.84. The Morgan fingerprint density at radius 1 is 1.00 bits per heavy atom. The number of rotatable bonds is 5. The van der Waals surface area contributed by atoms with E-state index in [1.807, 2.05) is 48.5 Å². The molecule has 5 aliphatic rings. The molecule has 0 aromatic heterocycles. The average Bonchev–Trinajstić information content (AvgIpc) is 3.57. The molecule has 0 N–H and O–H groups in total. The number of carbonyl (C=O) groups is 2. The van der Waals surface area contributed by atoms with Gasteiger partial charge in [-0.25, -0.2) is 0 Å². The molecule has 3 fully saturated rings. The van der Waals surface area contributed by atoms with Crippen molar-refractivity contribution in [3.63, 3.8) is 0 Å². The predicted octanol–water partition coefficient (Wildman–Crippen LogP) is 4.31. The summed E-state index contributed by atoms with van der Waals surface area (Å²) in [6, 6.07) is 15.0. The predicted molar refractivity (Wildman–Crippen MR) is 116 cm³/mol. The van der Waals surface area contributed by atoms with E-state index in [2.05, 4.69) is 17.3 Å². The number of carbonyl (C=O) groups excluding carboxylic acids is 2. The third-order valence-corrected chi connectivity index (χ3v) is 7.54. The molecular weight excluding hydrogens is 412 g/mol. The van der Waals surface area contributed by atoms with Crippen molar-refractivity contribution in [2.45, 2.75) is 13.0 Å². The van der Waals surface area contributed by atoms with Gasteiger partial charge in [-0.3, -0.25) is 9.59 Å². The number of ether oxygens (including phenoxy) is 1. The van der Waals surface area contributed by atoms with Crippen molar-refractivity contribution in [1.29, 1.82) is 0 Å². The first kappa shape index (κ1) is 18.8. The highest BCUT2D eigenvalue weighted by molar-refractivity contribution is 6.31. The Bertz CT molecular complexity index is 1110. The van der Waals surface area contributed by atoms with Gasteiger partial charge in [-0.1, -0.05) is 54.1 Å². The van der Waals surface area contributed by atoms with Crippen molar-refractivity contribution >= 4 is 29.6 Å². The Morgan fingerprint density at radius 2 is 1.71 bits per heavy atom. The maximum Gasteiger partial charge on any atom is 0.254 e. The molecule has 2 aromatic rings. The van der Waals surface area contributed by atoms with E-state index in [-0.39, 0.29) is 35.5 Å². The van der Waals surface area contributed by atoms with Crippen molar-refractivity contribution in [2.24, 2.45) is 40.6 Å². The van der Waals surface area contributed by atoms with Crippen LogP contribution in [0.3, 0.4) is 0 Å². The summed E-state index contributed by atoms with van der Waals surface area (Å²) in [7, 11) is 0. The molecule has 7 rings (SSSR count). The minimum Gasteiger partial charge on any atom is -0.489 e. The normalized spacial score (nSPS) is 32.5. The molecule has 5 nitrogen and oxygen atoms in total. The Kier molecular flexibility index (Phi) is 4.29. The lowest BCUT2D eigenvalue weighted by Gasteiger charge is -2.37. The van der Waals surface area contributed by atoms with Crippen LogP contribution in [0.15, 0.2) is 65.8 Å². The summed E-state index contributed by atoms with van der Waals surface area (Å²) in [5.41, 5.74) is 1.66. The molecular formula is C25H21ClN2O3. The van der Waals surface area contributed by atoms with Gasteiger partial charge in [0.25, 0.3) is 11.8 Å². The molecule has 2 aromatic carbocycles. The number of hydrogen-bond acceptors (Lipinski definition) is 4. The lowest BCUT2D eigenvalue weighted by Crippen LogP contribution is -2.40. The van der Waals surface area contributed by atoms with E-state index in [9.17, 15) is 9.59 Å². The van der Waals surface area contributed by atoms with Gasteiger partial charge in [0.05, 0.1) is 18.1 Å². The number of benzene rings is 2. The van der Waals surface area contributed by atoms with E-state index in [4.69, 9.17) is 16.3 Å². The summed E-state index contributed by atoms with van der Waals surface area (Å²) in [6.07, 6.45) is 7.04. The average molecular weight is 433 g/mol. The van der Waals surface area contributed by atoms with Gasteiger partial charge in [0, 0.05) is 10.6 Å². The fourth-order valence-electron chi connectivity index (χ4n) is 5.64. The van der Waals surface area contributed by atoms with E-state index in [0.29, 0.717) is 29.2 Å². The van der Waals surface area contributed by atoms with Crippen LogP contribution >= 0.6 is 11.6 Å². The van der Waals surface area contributed by atoms with Gasteiger partial charge in [0.2, 0.25) is 0 Å². The molecule has 156 valence electrons. The number of hydrogen-bond donors (Lipinski definition) is 0. The van der Waals surface area contributed by atoms with Gasteiger partial charge in [-0.2, -0.15) is 10.1 Å². The maximum absolute atomic E-state index is 13.0. The summed E-state index contributed by atoms with van der Waals surface area (Å²) in [6.45, 7) is 0.352. The van der Waals surface area contributed by atoms with Crippen molar-refractivity contribution in [3.05, 3.63) is 76.8 Å². The van der Waals surface area contributed by atoms with Crippen LogP contribution in [0.2, 0.25) is 5.02 Å². The number of allylic oxidation sites excluding steroid dienone is 2. The van der Waals surface area contributed by atoms with Crippen LogP contribution in [-0.4, -0.2) is 23.0 Å². The largest absolute Gasteiger partial charge is 0.489 e.